The molecule has 0 saturated heterocycles. The minimum absolute atomic E-state index is 0.0173. The molecule has 2 aromatic rings. The van der Waals surface area contributed by atoms with Crippen LogP contribution in [0.25, 0.3) is 11.1 Å². The van der Waals surface area contributed by atoms with Crippen molar-refractivity contribution in [3.05, 3.63) is 28.3 Å². The van der Waals surface area contributed by atoms with Gasteiger partial charge < -0.3 is 9.73 Å². The number of nitro groups is 1. The van der Waals surface area contributed by atoms with E-state index in [1.807, 2.05) is 0 Å². The molecule has 3 rings (SSSR count). The summed E-state index contributed by atoms with van der Waals surface area (Å²) in [5.41, 5.74) is 0.741. The number of anilines is 1. The number of hydrogen-bond acceptors (Lipinski definition) is 5. The minimum Gasteiger partial charge on any atom is -0.423 e. The highest BCUT2D eigenvalue weighted by Gasteiger charge is 2.22. The van der Waals surface area contributed by atoms with Crippen molar-refractivity contribution in [1.82, 2.24) is 4.98 Å². The number of para-hydroxylation sites is 1. The Balaban J connectivity index is 1.85. The van der Waals surface area contributed by atoms with E-state index in [1.54, 1.807) is 12.1 Å². The van der Waals surface area contributed by atoms with Crippen LogP contribution < -0.4 is 5.32 Å². The lowest BCUT2D eigenvalue weighted by molar-refractivity contribution is -0.383. The predicted molar refractivity (Wildman–Crippen MR) is 75.7 cm³/mol. The van der Waals surface area contributed by atoms with Crippen molar-refractivity contribution in [3.63, 3.8) is 0 Å². The summed E-state index contributed by atoms with van der Waals surface area (Å²) in [6.45, 7) is 2.24. The Bertz CT molecular complexity index is 638. The maximum absolute atomic E-state index is 11.0. The fourth-order valence-electron chi connectivity index (χ4n) is 2.88. The zero-order valence-electron chi connectivity index (χ0n) is 11.3. The third kappa shape index (κ3) is 2.45. The second-order valence-corrected chi connectivity index (χ2v) is 5.51. The Morgan fingerprint density at radius 3 is 3.05 bits per heavy atom. The second kappa shape index (κ2) is 5.11. The Labute approximate surface area is 116 Å². The molecule has 0 amide bonds. The van der Waals surface area contributed by atoms with Crippen LogP contribution in [0.15, 0.2) is 22.6 Å². The number of aromatic nitrogens is 1. The zero-order chi connectivity index (χ0) is 14.1. The predicted octanol–water partition coefficient (Wildman–Crippen LogP) is 3.73. The fraction of sp³-hybridized carbons (Fsp3) is 0.500. The molecule has 1 fully saturated rings. The molecule has 0 bridgehead atoms. The Hall–Kier alpha value is -2.11. The third-order valence-electron chi connectivity index (χ3n) is 3.86. The maximum atomic E-state index is 11.0. The Morgan fingerprint density at radius 1 is 1.45 bits per heavy atom. The van der Waals surface area contributed by atoms with Crippen molar-refractivity contribution in [3.8, 4) is 0 Å². The molecule has 1 saturated carbocycles. The van der Waals surface area contributed by atoms with Gasteiger partial charge in [-0.1, -0.05) is 25.8 Å². The van der Waals surface area contributed by atoms with Crippen LogP contribution in [0, 0.1) is 16.0 Å². The number of fused-ring (bicyclic) bond motifs is 1. The Kier molecular flexibility index (Phi) is 3.30. The third-order valence-corrected chi connectivity index (χ3v) is 3.86. The van der Waals surface area contributed by atoms with Gasteiger partial charge in [0.1, 0.15) is 0 Å². The van der Waals surface area contributed by atoms with Crippen LogP contribution in [0.4, 0.5) is 11.7 Å². The molecule has 1 aliphatic rings. The number of nitrogens with zero attached hydrogens (tertiary/aromatic N) is 2. The van der Waals surface area contributed by atoms with E-state index in [4.69, 9.17) is 4.42 Å². The first-order valence-electron chi connectivity index (χ1n) is 6.94. The van der Waals surface area contributed by atoms with E-state index >= 15 is 0 Å². The van der Waals surface area contributed by atoms with Gasteiger partial charge in [0.2, 0.25) is 0 Å². The summed E-state index contributed by atoms with van der Waals surface area (Å²) < 4.78 is 5.57. The molecule has 6 heteroatoms. The lowest BCUT2D eigenvalue weighted by atomic mass is 9.87. The smallest absolute Gasteiger partial charge is 0.298 e. The van der Waals surface area contributed by atoms with Crippen LogP contribution in [-0.2, 0) is 0 Å². The fourth-order valence-corrected chi connectivity index (χ4v) is 2.88. The summed E-state index contributed by atoms with van der Waals surface area (Å²) in [6.07, 6.45) is 4.63. The summed E-state index contributed by atoms with van der Waals surface area (Å²) >= 11 is 0. The first-order chi connectivity index (χ1) is 9.63. The number of oxazole rings is 1. The highest BCUT2D eigenvalue weighted by Crippen LogP contribution is 2.30. The molecule has 1 heterocycles. The van der Waals surface area contributed by atoms with E-state index in [0.29, 0.717) is 29.1 Å². The average molecular weight is 275 g/mol. The molecule has 0 spiro atoms. The van der Waals surface area contributed by atoms with Crippen molar-refractivity contribution in [2.24, 2.45) is 5.92 Å². The second-order valence-electron chi connectivity index (χ2n) is 5.51. The van der Waals surface area contributed by atoms with Crippen molar-refractivity contribution in [2.75, 3.05) is 5.32 Å². The van der Waals surface area contributed by atoms with E-state index in [2.05, 4.69) is 17.2 Å². The number of nitro benzene ring substituents is 1. The SMILES string of the molecule is CC1CCCC(Nc2nc3c([N+](=O)[O-])cccc3o2)C1. The van der Waals surface area contributed by atoms with Crippen molar-refractivity contribution < 1.29 is 9.34 Å². The van der Waals surface area contributed by atoms with Gasteiger partial charge in [0, 0.05) is 12.1 Å². The molecule has 0 aliphatic heterocycles. The van der Waals surface area contributed by atoms with Gasteiger partial charge in [0.15, 0.2) is 11.1 Å². The number of hydrogen-bond donors (Lipinski definition) is 1. The number of nitrogens with one attached hydrogen (secondary N) is 1. The minimum atomic E-state index is -0.433. The van der Waals surface area contributed by atoms with Gasteiger partial charge in [0.25, 0.3) is 11.7 Å². The monoisotopic (exact) mass is 275 g/mol. The summed E-state index contributed by atoms with van der Waals surface area (Å²) in [7, 11) is 0. The van der Waals surface area contributed by atoms with Crippen LogP contribution in [-0.4, -0.2) is 15.9 Å². The lowest BCUT2D eigenvalue weighted by Crippen LogP contribution is -2.26. The van der Waals surface area contributed by atoms with Gasteiger partial charge in [-0.15, -0.1) is 0 Å². The van der Waals surface area contributed by atoms with E-state index in [9.17, 15) is 10.1 Å². The summed E-state index contributed by atoms with van der Waals surface area (Å²) in [5.74, 6) is 0.694. The van der Waals surface area contributed by atoms with Crippen molar-refractivity contribution in [2.45, 2.75) is 38.6 Å². The van der Waals surface area contributed by atoms with E-state index in [0.717, 1.165) is 12.8 Å². The first kappa shape index (κ1) is 12.9. The van der Waals surface area contributed by atoms with Gasteiger partial charge in [-0.2, -0.15) is 4.98 Å². The van der Waals surface area contributed by atoms with Gasteiger partial charge in [-0.05, 0) is 24.8 Å². The van der Waals surface area contributed by atoms with Crippen molar-refractivity contribution >= 4 is 22.8 Å². The highest BCUT2D eigenvalue weighted by molar-refractivity contribution is 5.84. The summed E-state index contributed by atoms with van der Waals surface area (Å²) in [6, 6.07) is 5.47. The molecule has 1 aromatic carbocycles. The zero-order valence-corrected chi connectivity index (χ0v) is 11.3. The first-order valence-corrected chi connectivity index (χ1v) is 6.94. The standard InChI is InChI=1S/C14H17N3O3/c1-9-4-2-5-10(8-9)15-14-16-13-11(17(18)19)6-3-7-12(13)20-14/h3,6-7,9-10H,2,4-5,8H2,1H3,(H,15,16). The lowest BCUT2D eigenvalue weighted by Gasteiger charge is -2.26. The van der Waals surface area contributed by atoms with Gasteiger partial charge in [-0.25, -0.2) is 0 Å². The highest BCUT2D eigenvalue weighted by atomic mass is 16.6. The summed E-state index contributed by atoms with van der Waals surface area (Å²) in [5, 5.41) is 14.2. The number of rotatable bonds is 3. The molecule has 1 aliphatic carbocycles. The van der Waals surface area contributed by atoms with Crippen LogP contribution in [0.2, 0.25) is 0 Å². The summed E-state index contributed by atoms with van der Waals surface area (Å²) in [4.78, 5) is 14.8. The van der Waals surface area contributed by atoms with E-state index < -0.39 is 4.92 Å². The molecule has 6 nitrogen and oxygen atoms in total. The largest absolute Gasteiger partial charge is 0.423 e. The van der Waals surface area contributed by atoms with Gasteiger partial charge >= 0.3 is 0 Å². The molecule has 1 N–H and O–H groups in total. The van der Waals surface area contributed by atoms with Crippen LogP contribution >= 0.6 is 0 Å². The average Bonchev–Trinajstić information content (AvgIpc) is 2.80. The Morgan fingerprint density at radius 2 is 2.30 bits per heavy atom. The molecule has 0 radical (unpaired) electrons. The molecule has 20 heavy (non-hydrogen) atoms. The van der Waals surface area contributed by atoms with Gasteiger partial charge in [0.05, 0.1) is 4.92 Å². The molecule has 106 valence electrons. The topological polar surface area (TPSA) is 81.2 Å². The molecule has 1 aromatic heterocycles. The van der Waals surface area contributed by atoms with E-state index in [-0.39, 0.29) is 5.69 Å². The molecular weight excluding hydrogens is 258 g/mol. The van der Waals surface area contributed by atoms with Crippen LogP contribution in [0.1, 0.15) is 32.6 Å². The molecular formula is C14H17N3O3. The molecule has 2 unspecified atom stereocenters. The molecule has 2 atom stereocenters. The number of benzene rings is 1. The normalized spacial score (nSPS) is 22.9. The van der Waals surface area contributed by atoms with Crippen LogP contribution in [0.3, 0.4) is 0 Å². The van der Waals surface area contributed by atoms with E-state index in [1.165, 1.54) is 18.9 Å². The van der Waals surface area contributed by atoms with Gasteiger partial charge in [-0.3, -0.25) is 10.1 Å². The quantitative estimate of drug-likeness (QED) is 0.681. The van der Waals surface area contributed by atoms with Crippen LogP contribution in [0.5, 0.6) is 0 Å². The van der Waals surface area contributed by atoms with Crippen molar-refractivity contribution in [1.29, 1.82) is 0 Å². The maximum Gasteiger partial charge on any atom is 0.298 e. The number of non-ortho nitro benzene ring substituents is 1.